The zero-order valence-electron chi connectivity index (χ0n) is 6.64. The van der Waals surface area contributed by atoms with Gasteiger partial charge in [-0.3, -0.25) is 4.55 Å². The van der Waals surface area contributed by atoms with Gasteiger partial charge < -0.3 is 9.53 Å². The molecule has 3 N–H and O–H groups in total. The molecule has 74 valence electrons. The summed E-state index contributed by atoms with van der Waals surface area (Å²) in [4.78, 5) is 17.3. The van der Waals surface area contributed by atoms with E-state index >= 15 is 0 Å². The molecule has 0 spiro atoms. The van der Waals surface area contributed by atoms with Crippen molar-refractivity contribution in [1.29, 1.82) is 0 Å². The standard InChI is InChI=1S/C3H7NO5S.H4OSi/c1-2-9-3(5)4-10(6,7)8;1-2/h2H2,1H3,(H,4,5)(H,6,7,8);1H,2H3. The Labute approximate surface area is 73.2 Å². The van der Waals surface area contributed by atoms with Gasteiger partial charge in [-0.1, -0.05) is 0 Å². The van der Waals surface area contributed by atoms with E-state index in [9.17, 15) is 13.2 Å². The normalized spacial score (nSPS) is 9.58. The Bertz CT molecular complexity index is 213. The number of amides is 1. The van der Waals surface area contributed by atoms with Crippen molar-refractivity contribution in [2.75, 3.05) is 6.61 Å². The minimum absolute atomic E-state index is 0.0430. The van der Waals surface area contributed by atoms with Crippen molar-refractivity contribution in [2.24, 2.45) is 0 Å². The van der Waals surface area contributed by atoms with Crippen LogP contribution in [0.3, 0.4) is 0 Å². The van der Waals surface area contributed by atoms with Gasteiger partial charge in [-0.2, -0.15) is 13.1 Å². The Hall–Kier alpha value is -0.643. The quantitative estimate of drug-likeness (QED) is 0.357. The van der Waals surface area contributed by atoms with E-state index in [0.717, 1.165) is 0 Å². The predicted molar refractivity (Wildman–Crippen MR) is 43.9 cm³/mol. The molecule has 0 fully saturated rings. The monoisotopic (exact) mass is 217 g/mol. The summed E-state index contributed by atoms with van der Waals surface area (Å²) in [6.45, 7) is 1.55. The molecule has 0 unspecified atom stereocenters. The molecule has 0 saturated carbocycles. The first-order chi connectivity index (χ1) is 5.45. The first kappa shape index (κ1) is 13.9. The summed E-state index contributed by atoms with van der Waals surface area (Å²) >= 11 is 0. The van der Waals surface area contributed by atoms with Crippen molar-refractivity contribution in [3.05, 3.63) is 0 Å². The zero-order chi connectivity index (χ0) is 10.2. The van der Waals surface area contributed by atoms with Gasteiger partial charge >= 0.3 is 16.4 Å². The van der Waals surface area contributed by atoms with Gasteiger partial charge in [0.25, 0.3) is 0 Å². The number of nitrogens with one attached hydrogen (secondary N) is 1. The number of carbonyl (C=O) groups excluding carboxylic acids is 1. The first-order valence-electron chi connectivity index (χ1n) is 2.82. The molecule has 0 aromatic rings. The summed E-state index contributed by atoms with van der Waals surface area (Å²) in [7, 11) is -4.16. The lowest BCUT2D eigenvalue weighted by Gasteiger charge is -1.99. The van der Waals surface area contributed by atoms with Crippen LogP contribution in [0.25, 0.3) is 0 Å². The number of hydrogen-bond acceptors (Lipinski definition) is 5. The van der Waals surface area contributed by atoms with Gasteiger partial charge in [-0.25, -0.2) is 4.79 Å². The number of rotatable bonds is 2. The Morgan fingerprint density at radius 3 is 2.25 bits per heavy atom. The van der Waals surface area contributed by atoms with Crippen LogP contribution < -0.4 is 4.72 Å². The molecular formula is C3H11NO6SSi. The largest absolute Gasteiger partial charge is 0.449 e. The van der Waals surface area contributed by atoms with Crippen LogP contribution in [-0.4, -0.2) is 41.0 Å². The van der Waals surface area contributed by atoms with Crippen LogP contribution in [0, 0.1) is 0 Å². The highest BCUT2D eigenvalue weighted by Crippen LogP contribution is 1.79. The molecule has 9 heteroatoms. The molecule has 0 radical (unpaired) electrons. The van der Waals surface area contributed by atoms with E-state index in [1.54, 1.807) is 0 Å². The SMILES string of the molecule is CCOC(=O)NS(=O)(=O)O.O[SiH3]. The van der Waals surface area contributed by atoms with E-state index in [1.807, 2.05) is 0 Å². The van der Waals surface area contributed by atoms with Crippen LogP contribution in [0.5, 0.6) is 0 Å². The summed E-state index contributed by atoms with van der Waals surface area (Å²) in [5.41, 5.74) is 0. The molecule has 0 saturated heterocycles. The average Bonchev–Trinajstić information content (AvgIpc) is 1.88. The predicted octanol–water partition coefficient (Wildman–Crippen LogP) is -2.21. The highest BCUT2D eigenvalue weighted by molar-refractivity contribution is 7.84. The summed E-state index contributed by atoms with van der Waals surface area (Å²) in [5, 5.41) is 0. The van der Waals surface area contributed by atoms with Crippen molar-refractivity contribution in [1.82, 2.24) is 4.72 Å². The summed E-state index contributed by atoms with van der Waals surface area (Å²) in [6, 6.07) is 0. The van der Waals surface area contributed by atoms with Crippen molar-refractivity contribution < 1.29 is 27.3 Å². The molecule has 0 aromatic heterocycles. The van der Waals surface area contributed by atoms with Gasteiger partial charge in [0.05, 0.1) is 6.61 Å². The highest BCUT2D eigenvalue weighted by Gasteiger charge is 2.09. The molecule has 0 atom stereocenters. The van der Waals surface area contributed by atoms with Gasteiger partial charge in [0.1, 0.15) is 10.5 Å². The van der Waals surface area contributed by atoms with E-state index in [1.165, 1.54) is 11.6 Å². The summed E-state index contributed by atoms with van der Waals surface area (Å²) in [6.07, 6.45) is -1.19. The van der Waals surface area contributed by atoms with E-state index in [4.69, 9.17) is 9.35 Å². The van der Waals surface area contributed by atoms with E-state index < -0.39 is 16.4 Å². The molecule has 0 rings (SSSR count). The third kappa shape index (κ3) is 12.1. The van der Waals surface area contributed by atoms with Gasteiger partial charge in [-0.15, -0.1) is 0 Å². The lowest BCUT2D eigenvalue weighted by atomic mass is 10.9. The highest BCUT2D eigenvalue weighted by atomic mass is 32.2. The smallest absolute Gasteiger partial charge is 0.422 e. The second kappa shape index (κ2) is 7.03. The van der Waals surface area contributed by atoms with Gasteiger partial charge in [0, 0.05) is 0 Å². The third-order valence-electron chi connectivity index (χ3n) is 0.488. The molecule has 1 amide bonds. The van der Waals surface area contributed by atoms with Crippen molar-refractivity contribution in [3.8, 4) is 0 Å². The minimum Gasteiger partial charge on any atom is -0.449 e. The lowest BCUT2D eigenvalue weighted by molar-refractivity contribution is 0.158. The molecule has 0 aliphatic rings. The van der Waals surface area contributed by atoms with Crippen LogP contribution in [0.1, 0.15) is 6.92 Å². The number of hydrogen-bond donors (Lipinski definition) is 3. The van der Waals surface area contributed by atoms with Crippen molar-refractivity contribution in [2.45, 2.75) is 6.92 Å². The second-order valence-corrected chi connectivity index (χ2v) is 2.45. The Balaban J connectivity index is 0. The maximum atomic E-state index is 10.2. The van der Waals surface area contributed by atoms with Crippen molar-refractivity contribution >= 4 is 26.9 Å². The van der Waals surface area contributed by atoms with Gasteiger partial charge in [0.15, 0.2) is 0 Å². The molecule has 12 heavy (non-hydrogen) atoms. The summed E-state index contributed by atoms with van der Waals surface area (Å²) in [5.74, 6) is 0. The molecule has 0 aliphatic carbocycles. The Morgan fingerprint density at radius 2 is 2.00 bits per heavy atom. The van der Waals surface area contributed by atoms with E-state index in [2.05, 4.69) is 4.74 Å². The third-order valence-corrected chi connectivity index (χ3v) is 0.912. The molecule has 0 aromatic carbocycles. The second-order valence-electron chi connectivity index (χ2n) is 1.30. The van der Waals surface area contributed by atoms with Crippen LogP contribution >= 0.6 is 0 Å². The first-order valence-corrected chi connectivity index (χ1v) is 5.16. The maximum Gasteiger partial charge on any atom is 0.422 e. The topological polar surface area (TPSA) is 113 Å². The van der Waals surface area contributed by atoms with Gasteiger partial charge in [-0.05, 0) is 6.92 Å². The van der Waals surface area contributed by atoms with Crippen LogP contribution in [0.4, 0.5) is 4.79 Å². The molecule has 0 heterocycles. The molecule has 0 aliphatic heterocycles. The fourth-order valence-electron chi connectivity index (χ4n) is 0.266. The average molecular weight is 217 g/mol. The van der Waals surface area contributed by atoms with Crippen molar-refractivity contribution in [3.63, 3.8) is 0 Å². The Kier molecular flexibility index (Phi) is 8.15. The van der Waals surface area contributed by atoms with Gasteiger partial charge in [0.2, 0.25) is 0 Å². The van der Waals surface area contributed by atoms with Crippen LogP contribution in [0.2, 0.25) is 0 Å². The van der Waals surface area contributed by atoms with E-state index in [0.29, 0.717) is 10.5 Å². The molecular weight excluding hydrogens is 206 g/mol. The zero-order valence-corrected chi connectivity index (χ0v) is 9.46. The number of carbonyl (C=O) groups is 1. The Morgan fingerprint density at radius 1 is 1.58 bits per heavy atom. The minimum atomic E-state index is -4.47. The number of ether oxygens (including phenoxy) is 1. The van der Waals surface area contributed by atoms with E-state index in [-0.39, 0.29) is 6.61 Å². The fraction of sp³-hybridized carbons (Fsp3) is 0.667. The molecule has 7 nitrogen and oxygen atoms in total. The van der Waals surface area contributed by atoms with Crippen LogP contribution in [-0.2, 0) is 15.0 Å². The summed E-state index contributed by atoms with van der Waals surface area (Å²) < 4.78 is 33.0. The molecule has 0 bridgehead atoms. The lowest BCUT2D eigenvalue weighted by Crippen LogP contribution is -2.30. The fourth-order valence-corrected chi connectivity index (χ4v) is 0.535. The maximum absolute atomic E-state index is 10.2. The van der Waals surface area contributed by atoms with Crippen LogP contribution in [0.15, 0.2) is 0 Å².